The molecule has 0 aliphatic heterocycles. The first kappa shape index (κ1) is 66.8. The van der Waals surface area contributed by atoms with Gasteiger partial charge < -0.3 is 13.7 Å². The summed E-state index contributed by atoms with van der Waals surface area (Å²) in [6.07, 6.45) is 5.64. The molecule has 0 fully saturated rings. The van der Waals surface area contributed by atoms with Crippen LogP contribution in [-0.4, -0.2) is 28.7 Å². The summed E-state index contributed by atoms with van der Waals surface area (Å²) in [4.78, 5) is 14.0. The number of fused-ring (bicyclic) bond motifs is 18. The normalized spacial score (nSPS) is 11.7. The molecular weight excluding hydrogens is 1440 g/mol. The molecule has 0 aliphatic rings. The van der Waals surface area contributed by atoms with Crippen LogP contribution in [0, 0.1) is 0 Å². The Morgan fingerprint density at radius 2 is 0.474 bits per heavy atom. The largest absolute Gasteiger partial charge is 0.309 e. The quantitative estimate of drug-likeness (QED) is 0.145. The molecular formula is C105H66N6S3. The average molecular weight is 1510 g/mol. The zero-order valence-electron chi connectivity index (χ0n) is 61.5. The van der Waals surface area contributed by atoms with E-state index >= 15 is 0 Å². The summed E-state index contributed by atoms with van der Waals surface area (Å²) in [5.74, 6) is 0. The van der Waals surface area contributed by atoms with E-state index in [0.717, 1.165) is 16.6 Å². The van der Waals surface area contributed by atoms with Crippen LogP contribution >= 0.6 is 34.0 Å². The third kappa shape index (κ3) is 11.4. The minimum atomic E-state index is 1.09. The Balaban J connectivity index is 0.000000104. The molecule has 9 aromatic heterocycles. The van der Waals surface area contributed by atoms with Crippen LogP contribution in [0.3, 0.4) is 0 Å². The maximum atomic E-state index is 4.67. The molecule has 0 N–H and O–H groups in total. The first-order valence-electron chi connectivity index (χ1n) is 38.4. The van der Waals surface area contributed by atoms with Crippen molar-refractivity contribution < 1.29 is 0 Å². The molecule has 0 bridgehead atoms. The fourth-order valence-electron chi connectivity index (χ4n) is 17.2. The molecule has 534 valence electrons. The van der Waals surface area contributed by atoms with Gasteiger partial charge in [0.2, 0.25) is 0 Å². The van der Waals surface area contributed by atoms with Gasteiger partial charge in [0, 0.05) is 98.1 Å². The highest BCUT2D eigenvalue weighted by atomic mass is 32.1. The van der Waals surface area contributed by atoms with Crippen LogP contribution in [0.1, 0.15) is 0 Å². The summed E-state index contributed by atoms with van der Waals surface area (Å²) in [7, 11) is 0. The number of hydrogen-bond acceptors (Lipinski definition) is 6. The van der Waals surface area contributed by atoms with Gasteiger partial charge in [-0.1, -0.05) is 261 Å². The molecule has 0 unspecified atom stereocenters. The molecule has 9 heteroatoms. The van der Waals surface area contributed by atoms with E-state index in [1.807, 2.05) is 70.8 Å². The van der Waals surface area contributed by atoms with Crippen LogP contribution in [-0.2, 0) is 0 Å². The monoisotopic (exact) mass is 1510 g/mol. The number of benzene rings is 15. The minimum absolute atomic E-state index is 1.09. The van der Waals surface area contributed by atoms with Crippen molar-refractivity contribution in [1.82, 2.24) is 28.7 Å². The number of pyridine rings is 3. The van der Waals surface area contributed by atoms with Gasteiger partial charge in [-0.05, 0) is 183 Å². The summed E-state index contributed by atoms with van der Waals surface area (Å²) in [5.41, 5.74) is 28.8. The molecule has 0 spiro atoms. The van der Waals surface area contributed by atoms with E-state index in [-0.39, 0.29) is 0 Å². The van der Waals surface area contributed by atoms with Crippen LogP contribution in [0.4, 0.5) is 0 Å². The Bertz CT molecular complexity index is 7740. The van der Waals surface area contributed by atoms with Crippen molar-refractivity contribution in [2.75, 3.05) is 0 Å². The molecule has 0 atom stereocenters. The molecule has 6 nitrogen and oxygen atoms in total. The zero-order chi connectivity index (χ0) is 75.2. The van der Waals surface area contributed by atoms with E-state index in [4.69, 9.17) is 0 Å². The second-order valence-corrected chi connectivity index (χ2v) is 32.0. The number of hydrogen-bond donors (Lipinski definition) is 0. The number of para-hydroxylation sites is 7. The molecule has 0 radical (unpaired) electrons. The lowest BCUT2D eigenvalue weighted by molar-refractivity contribution is 1.18. The van der Waals surface area contributed by atoms with Crippen molar-refractivity contribution in [2.24, 2.45) is 0 Å². The van der Waals surface area contributed by atoms with Crippen LogP contribution in [0.5, 0.6) is 0 Å². The van der Waals surface area contributed by atoms with Crippen molar-refractivity contribution in [3.63, 3.8) is 0 Å². The van der Waals surface area contributed by atoms with Crippen LogP contribution in [0.15, 0.2) is 401 Å². The second kappa shape index (κ2) is 28.0. The number of aromatic nitrogens is 6. The van der Waals surface area contributed by atoms with Crippen molar-refractivity contribution in [3.8, 4) is 83.8 Å². The van der Waals surface area contributed by atoms with E-state index in [1.165, 1.54) is 194 Å². The highest BCUT2D eigenvalue weighted by molar-refractivity contribution is 7.27. The van der Waals surface area contributed by atoms with Crippen molar-refractivity contribution >= 4 is 160 Å². The number of thiophene rings is 3. The van der Waals surface area contributed by atoms with E-state index < -0.39 is 0 Å². The zero-order valence-corrected chi connectivity index (χ0v) is 64.0. The molecule has 0 amide bonds. The average Bonchev–Trinajstić information content (AvgIpc) is 1.56. The van der Waals surface area contributed by atoms with E-state index in [9.17, 15) is 0 Å². The number of rotatable bonds is 9. The van der Waals surface area contributed by atoms with Crippen LogP contribution in [0.25, 0.3) is 210 Å². The summed E-state index contributed by atoms with van der Waals surface area (Å²) in [6, 6.07) is 138. The van der Waals surface area contributed by atoms with Gasteiger partial charge in [0.15, 0.2) is 0 Å². The van der Waals surface area contributed by atoms with Gasteiger partial charge in [-0.25, -0.2) is 0 Å². The van der Waals surface area contributed by atoms with Crippen LogP contribution in [0.2, 0.25) is 0 Å². The lowest BCUT2D eigenvalue weighted by Crippen LogP contribution is -1.97. The summed E-state index contributed by atoms with van der Waals surface area (Å²) >= 11 is 5.47. The molecule has 114 heavy (non-hydrogen) atoms. The van der Waals surface area contributed by atoms with Crippen molar-refractivity contribution in [1.29, 1.82) is 0 Å². The van der Waals surface area contributed by atoms with Crippen LogP contribution < -0.4 is 0 Å². The Hall–Kier alpha value is -14.2. The smallest absolute Gasteiger partial charge is 0.0888 e. The Morgan fingerprint density at radius 1 is 0.184 bits per heavy atom. The predicted octanol–water partition coefficient (Wildman–Crippen LogP) is 29.6. The second-order valence-electron chi connectivity index (χ2n) is 28.9. The molecule has 15 aromatic carbocycles. The SMILES string of the molecule is c1cc(-c2ccc(-n3c4ccccc4c4ccccc43)cc2)cc(-c2cccc3c2sc2cccnc23)c1.c1cc(-c2cccc(-n3c4ccccc4c4ccccc43)c2)cc(-c2cccc3c2sc2cccnc23)c1.c1cc(-c2ccccc2-n2c3ccccc3c3ccccc32)cc(-c2cccc3c2sc2cccnc23)c1. The lowest BCUT2D eigenvalue weighted by atomic mass is 9.97. The summed E-state index contributed by atoms with van der Waals surface area (Å²) < 4.78 is 14.7. The van der Waals surface area contributed by atoms with Gasteiger partial charge in [0.05, 0.1) is 69.4 Å². The highest BCUT2D eigenvalue weighted by Gasteiger charge is 2.21. The highest BCUT2D eigenvalue weighted by Crippen LogP contribution is 2.46. The first-order chi connectivity index (χ1) is 56.6. The van der Waals surface area contributed by atoms with Crippen molar-refractivity contribution in [3.05, 3.63) is 401 Å². The third-order valence-corrected chi connectivity index (χ3v) is 26.0. The topological polar surface area (TPSA) is 53.5 Å². The van der Waals surface area contributed by atoms with Crippen molar-refractivity contribution in [2.45, 2.75) is 0 Å². The molecule has 0 saturated carbocycles. The third-order valence-electron chi connectivity index (χ3n) is 22.4. The van der Waals surface area contributed by atoms with E-state index in [2.05, 4.69) is 393 Å². The van der Waals surface area contributed by atoms with Gasteiger partial charge in [-0.15, -0.1) is 34.0 Å². The first-order valence-corrected chi connectivity index (χ1v) is 40.9. The maximum Gasteiger partial charge on any atom is 0.0888 e. The predicted molar refractivity (Wildman–Crippen MR) is 487 cm³/mol. The van der Waals surface area contributed by atoms with Gasteiger partial charge in [0.25, 0.3) is 0 Å². The minimum Gasteiger partial charge on any atom is -0.309 e. The van der Waals surface area contributed by atoms with Gasteiger partial charge in [0.1, 0.15) is 0 Å². The fraction of sp³-hybridized carbons (Fsp3) is 0. The molecule has 0 saturated heterocycles. The molecule has 24 aromatic rings. The van der Waals surface area contributed by atoms with E-state index in [1.54, 1.807) is 0 Å². The molecule has 9 heterocycles. The Morgan fingerprint density at radius 3 is 0.886 bits per heavy atom. The summed E-state index contributed by atoms with van der Waals surface area (Å²) in [6.45, 7) is 0. The number of nitrogens with zero attached hydrogens (tertiary/aromatic N) is 6. The van der Waals surface area contributed by atoms with Gasteiger partial charge in [-0.2, -0.15) is 0 Å². The fourth-order valence-corrected chi connectivity index (χ4v) is 20.8. The molecule has 24 rings (SSSR count). The van der Waals surface area contributed by atoms with Gasteiger partial charge >= 0.3 is 0 Å². The lowest BCUT2D eigenvalue weighted by Gasteiger charge is -2.15. The summed E-state index contributed by atoms with van der Waals surface area (Å²) in [5, 5.41) is 11.3. The van der Waals surface area contributed by atoms with E-state index in [0.29, 0.717) is 0 Å². The Labute approximate surface area is 668 Å². The molecule has 0 aliphatic carbocycles. The standard InChI is InChI=1S/3C35H22N2S/c1-4-17-30(37-31-18-5-2-13-27(31)28-14-3-6-19-32(28)37)25(12-1)23-10-7-11-24(22-23)26-15-8-16-29-34-33(38-35(26)29)20-9-21-36-34;1-3-17-31-28(13-1)29-14-2-4-18-32(29)37(31)26-12-6-10-24(22-26)23-9-5-11-25(21-23)27-15-7-16-30-34-33(38-35(27)30)19-8-20-36-34;1-3-14-31-28(10-1)29-11-2-4-15-32(29)37(31)26-19-17-23(18-20-26)24-8-5-9-25(22-24)27-12-6-13-30-34-33(38-35(27)30)16-7-21-36-34/h3*1-22H. The maximum absolute atomic E-state index is 4.67. The van der Waals surface area contributed by atoms with Gasteiger partial charge in [-0.3, -0.25) is 15.0 Å². The Kier molecular flexibility index (Phi) is 16.4.